The zero-order valence-electron chi connectivity index (χ0n) is 10.5. The smallest absolute Gasteiger partial charge is 0.326 e. The molecule has 0 heterocycles. The van der Waals surface area contributed by atoms with Crippen LogP contribution in [0.4, 0.5) is 10.5 Å². The second kappa shape index (κ2) is 7.57. The average molecular weight is 340 g/mol. The van der Waals surface area contributed by atoms with Gasteiger partial charge in [-0.05, 0) is 18.6 Å². The van der Waals surface area contributed by atoms with E-state index in [1.807, 2.05) is 6.92 Å². The molecule has 110 valence electrons. The number of rotatable bonds is 5. The number of carbonyl (C=O) groups is 2. The number of halogens is 3. The molecule has 0 aromatic heterocycles. The van der Waals surface area contributed by atoms with Crippen molar-refractivity contribution in [2.45, 2.75) is 25.8 Å². The molecule has 0 saturated carbocycles. The van der Waals surface area contributed by atoms with E-state index in [1.165, 1.54) is 12.1 Å². The number of aliphatic carboxylic acids is 1. The predicted molar refractivity (Wildman–Crippen MR) is 80.0 cm³/mol. The number of amides is 2. The van der Waals surface area contributed by atoms with E-state index < -0.39 is 18.0 Å². The Morgan fingerprint density at radius 3 is 2.35 bits per heavy atom. The quantitative estimate of drug-likeness (QED) is 0.709. The van der Waals surface area contributed by atoms with Crippen molar-refractivity contribution in [1.29, 1.82) is 0 Å². The van der Waals surface area contributed by atoms with E-state index >= 15 is 0 Å². The normalized spacial score (nSPS) is 11.8. The van der Waals surface area contributed by atoms with Crippen LogP contribution in [0, 0.1) is 0 Å². The van der Waals surface area contributed by atoms with Gasteiger partial charge in [0.15, 0.2) is 0 Å². The summed E-state index contributed by atoms with van der Waals surface area (Å²) in [4.78, 5) is 22.7. The summed E-state index contributed by atoms with van der Waals surface area (Å²) in [6, 6.07) is 1.15. The molecular weight excluding hydrogens is 327 g/mol. The monoisotopic (exact) mass is 338 g/mol. The van der Waals surface area contributed by atoms with Crippen molar-refractivity contribution in [3.63, 3.8) is 0 Å². The van der Waals surface area contributed by atoms with Crippen molar-refractivity contribution in [1.82, 2.24) is 5.32 Å². The van der Waals surface area contributed by atoms with Gasteiger partial charge in [0.1, 0.15) is 6.04 Å². The second-order valence-electron chi connectivity index (χ2n) is 4.02. The minimum Gasteiger partial charge on any atom is -0.480 e. The molecule has 3 N–H and O–H groups in total. The zero-order valence-corrected chi connectivity index (χ0v) is 12.8. The van der Waals surface area contributed by atoms with Gasteiger partial charge in [-0.25, -0.2) is 9.59 Å². The molecule has 0 bridgehead atoms. The van der Waals surface area contributed by atoms with E-state index in [9.17, 15) is 9.59 Å². The number of urea groups is 1. The fourth-order valence-corrected chi connectivity index (χ4v) is 2.08. The van der Waals surface area contributed by atoms with E-state index in [0.717, 1.165) is 0 Å². The second-order valence-corrected chi connectivity index (χ2v) is 5.25. The van der Waals surface area contributed by atoms with E-state index in [0.29, 0.717) is 12.8 Å². The summed E-state index contributed by atoms with van der Waals surface area (Å²) < 4.78 is 0. The minimum absolute atomic E-state index is 0.205. The molecule has 2 amide bonds. The number of carbonyl (C=O) groups excluding carboxylic acids is 1. The first kappa shape index (κ1) is 16.9. The number of nitrogens with one attached hydrogen (secondary N) is 2. The highest BCUT2D eigenvalue weighted by atomic mass is 35.5. The third kappa shape index (κ3) is 4.74. The van der Waals surface area contributed by atoms with E-state index in [-0.39, 0.29) is 20.8 Å². The Morgan fingerprint density at radius 1 is 1.20 bits per heavy atom. The highest BCUT2D eigenvalue weighted by Gasteiger charge is 2.19. The maximum atomic E-state index is 11.7. The zero-order chi connectivity index (χ0) is 15.3. The molecule has 0 saturated heterocycles. The average Bonchev–Trinajstić information content (AvgIpc) is 2.35. The van der Waals surface area contributed by atoms with Crippen LogP contribution < -0.4 is 10.6 Å². The molecular formula is C12H13Cl3N2O3. The van der Waals surface area contributed by atoms with Crippen molar-refractivity contribution in [3.8, 4) is 0 Å². The summed E-state index contributed by atoms with van der Waals surface area (Å²) in [6.07, 6.45) is 0.961. The first-order chi connectivity index (χ1) is 9.35. The molecule has 1 atom stereocenters. The largest absolute Gasteiger partial charge is 0.480 e. The highest BCUT2D eigenvalue weighted by Crippen LogP contribution is 2.32. The molecule has 0 unspecified atom stereocenters. The summed E-state index contributed by atoms with van der Waals surface area (Å²) in [5, 5.41) is 14.4. The van der Waals surface area contributed by atoms with Gasteiger partial charge in [-0.1, -0.05) is 48.1 Å². The lowest BCUT2D eigenvalue weighted by atomic mass is 10.2. The lowest BCUT2D eigenvalue weighted by Gasteiger charge is -2.15. The third-order valence-electron chi connectivity index (χ3n) is 2.44. The molecule has 0 aliphatic carbocycles. The maximum Gasteiger partial charge on any atom is 0.326 e. The van der Waals surface area contributed by atoms with Crippen LogP contribution in [0.15, 0.2) is 12.1 Å². The molecule has 1 aromatic rings. The Morgan fingerprint density at radius 2 is 1.80 bits per heavy atom. The van der Waals surface area contributed by atoms with Crippen molar-refractivity contribution in [2.75, 3.05) is 5.32 Å². The molecule has 1 rings (SSSR count). The van der Waals surface area contributed by atoms with Crippen LogP contribution in [0.2, 0.25) is 15.1 Å². The fraction of sp³-hybridized carbons (Fsp3) is 0.333. The van der Waals surface area contributed by atoms with Gasteiger partial charge >= 0.3 is 12.0 Å². The van der Waals surface area contributed by atoms with Crippen molar-refractivity contribution in [2.24, 2.45) is 0 Å². The van der Waals surface area contributed by atoms with Crippen molar-refractivity contribution < 1.29 is 14.7 Å². The van der Waals surface area contributed by atoms with Gasteiger partial charge in [0, 0.05) is 0 Å². The topological polar surface area (TPSA) is 78.4 Å². The molecule has 0 radical (unpaired) electrons. The predicted octanol–water partition coefficient (Wildman–Crippen LogP) is 4.02. The van der Waals surface area contributed by atoms with Gasteiger partial charge in [0.05, 0.1) is 20.8 Å². The maximum absolute atomic E-state index is 11.7. The molecule has 0 spiro atoms. The molecule has 0 aliphatic heterocycles. The van der Waals surface area contributed by atoms with E-state index in [1.54, 1.807) is 0 Å². The molecule has 5 nitrogen and oxygen atoms in total. The number of carboxylic acid groups (broad SMARTS) is 1. The van der Waals surface area contributed by atoms with Gasteiger partial charge in [-0.3, -0.25) is 0 Å². The first-order valence-electron chi connectivity index (χ1n) is 5.80. The molecule has 1 aromatic carbocycles. The summed E-state index contributed by atoms with van der Waals surface area (Å²) in [7, 11) is 0. The summed E-state index contributed by atoms with van der Waals surface area (Å²) in [5.74, 6) is -1.10. The standard InChI is InChI=1S/C12H13Cl3N2O3/c1-2-3-9(11(18)19)16-12(20)17-10-5-7(14)6(13)4-8(10)15/h4-5,9H,2-3H2,1H3,(H,18,19)(H2,16,17,20)/t9-/m0/s1. The number of hydrogen-bond donors (Lipinski definition) is 3. The Balaban J connectivity index is 2.75. The van der Waals surface area contributed by atoms with Crippen LogP contribution in [0.3, 0.4) is 0 Å². The number of anilines is 1. The molecule has 20 heavy (non-hydrogen) atoms. The van der Waals surface area contributed by atoms with Crippen LogP contribution in [-0.4, -0.2) is 23.1 Å². The van der Waals surface area contributed by atoms with Gasteiger partial charge in [-0.15, -0.1) is 0 Å². The molecule has 0 aliphatic rings. The Bertz CT molecular complexity index is 523. The van der Waals surface area contributed by atoms with Gasteiger partial charge in [0.2, 0.25) is 0 Å². The van der Waals surface area contributed by atoms with E-state index in [4.69, 9.17) is 39.9 Å². The Labute approximate surface area is 131 Å². The van der Waals surface area contributed by atoms with Crippen LogP contribution in [0.1, 0.15) is 19.8 Å². The van der Waals surface area contributed by atoms with E-state index in [2.05, 4.69) is 10.6 Å². The minimum atomic E-state index is -1.10. The molecule has 0 fully saturated rings. The lowest BCUT2D eigenvalue weighted by Crippen LogP contribution is -2.42. The first-order valence-corrected chi connectivity index (χ1v) is 6.93. The third-order valence-corrected chi connectivity index (χ3v) is 3.47. The number of benzene rings is 1. The van der Waals surface area contributed by atoms with Gasteiger partial charge in [0.25, 0.3) is 0 Å². The lowest BCUT2D eigenvalue weighted by molar-refractivity contribution is -0.139. The van der Waals surface area contributed by atoms with Crippen LogP contribution in [0.25, 0.3) is 0 Å². The van der Waals surface area contributed by atoms with Crippen molar-refractivity contribution in [3.05, 3.63) is 27.2 Å². The fourth-order valence-electron chi connectivity index (χ4n) is 1.48. The summed E-state index contributed by atoms with van der Waals surface area (Å²) >= 11 is 17.5. The Hall–Kier alpha value is -1.17. The number of hydrogen-bond acceptors (Lipinski definition) is 2. The summed E-state index contributed by atoms with van der Waals surface area (Å²) in [5.41, 5.74) is 0.249. The molecule has 8 heteroatoms. The number of carboxylic acids is 1. The van der Waals surface area contributed by atoms with Gasteiger partial charge < -0.3 is 15.7 Å². The van der Waals surface area contributed by atoms with Crippen LogP contribution in [-0.2, 0) is 4.79 Å². The summed E-state index contributed by atoms with van der Waals surface area (Å²) in [6.45, 7) is 1.82. The van der Waals surface area contributed by atoms with Crippen LogP contribution >= 0.6 is 34.8 Å². The van der Waals surface area contributed by atoms with Crippen LogP contribution in [0.5, 0.6) is 0 Å². The van der Waals surface area contributed by atoms with Crippen molar-refractivity contribution >= 4 is 52.5 Å². The highest BCUT2D eigenvalue weighted by molar-refractivity contribution is 6.44. The SMILES string of the molecule is CCC[C@H](NC(=O)Nc1cc(Cl)c(Cl)cc1Cl)C(=O)O. The van der Waals surface area contributed by atoms with Gasteiger partial charge in [-0.2, -0.15) is 0 Å². The Kier molecular flexibility index (Phi) is 6.39.